The molecule has 0 rings (SSSR count). The van der Waals surface area contributed by atoms with Gasteiger partial charge >= 0.3 is 76.0 Å². The van der Waals surface area contributed by atoms with Crippen molar-refractivity contribution in [2.24, 2.45) is 5.41 Å². The summed E-state index contributed by atoms with van der Waals surface area (Å²) in [6, 6.07) is 0. The number of hydrogen-bond donors (Lipinski definition) is 0. The van der Waals surface area contributed by atoms with Gasteiger partial charge in [0.15, 0.2) is 0 Å². The molecule has 0 aliphatic carbocycles. The second kappa shape index (κ2) is 5.39. The van der Waals surface area contributed by atoms with Crippen molar-refractivity contribution in [2.75, 3.05) is 8.86 Å². The van der Waals surface area contributed by atoms with E-state index in [9.17, 15) is 0 Å². The molecule has 0 aliphatic heterocycles. The fourth-order valence-electron chi connectivity index (χ4n) is 0.825. The van der Waals surface area contributed by atoms with E-state index in [1.165, 1.54) is 21.7 Å². The zero-order chi connectivity index (χ0) is 8.04. The van der Waals surface area contributed by atoms with Gasteiger partial charge in [0, 0.05) is 0 Å². The molecule has 0 aromatic carbocycles. The third kappa shape index (κ3) is 8.73. The summed E-state index contributed by atoms with van der Waals surface area (Å²) in [4.78, 5) is 0. The zero-order valence-electron chi connectivity index (χ0n) is 7.71. The molecular weight excluding hydrogens is 235 g/mol. The fraction of sp³-hybridized carbons (Fsp3) is 1.00. The first kappa shape index (κ1) is 10.7. The van der Waals surface area contributed by atoms with Crippen LogP contribution in [0.5, 0.6) is 0 Å². The van der Waals surface area contributed by atoms with Gasteiger partial charge in [0.25, 0.3) is 0 Å². The summed E-state index contributed by atoms with van der Waals surface area (Å²) in [5.74, 6) is 0. The van der Waals surface area contributed by atoms with Crippen LogP contribution >= 0.6 is 0 Å². The Hall–Kier alpha value is 0.730. The van der Waals surface area contributed by atoms with E-state index in [1.807, 2.05) is 0 Å². The molecular formula is C9H20I-. The molecule has 1 heteroatoms. The maximum absolute atomic E-state index is 2.33. The molecule has 0 nitrogen and oxygen atoms in total. The number of hydrogen-bond acceptors (Lipinski definition) is 0. The van der Waals surface area contributed by atoms with Gasteiger partial charge in [-0.3, -0.25) is 0 Å². The van der Waals surface area contributed by atoms with Crippen molar-refractivity contribution in [3.05, 3.63) is 0 Å². The van der Waals surface area contributed by atoms with Crippen LogP contribution in [0.25, 0.3) is 0 Å². The van der Waals surface area contributed by atoms with Crippen LogP contribution in [0.4, 0.5) is 0 Å². The predicted molar refractivity (Wildman–Crippen MR) is 44.1 cm³/mol. The van der Waals surface area contributed by atoms with E-state index in [1.54, 1.807) is 0 Å². The van der Waals surface area contributed by atoms with Gasteiger partial charge in [-0.15, -0.1) is 0 Å². The van der Waals surface area contributed by atoms with E-state index in [0.29, 0.717) is 26.6 Å². The minimum atomic E-state index is 0.567. The van der Waals surface area contributed by atoms with Crippen LogP contribution < -0.4 is 21.2 Å². The molecule has 0 unspecified atom stereocenters. The number of rotatable bonds is 4. The molecule has 10 heavy (non-hydrogen) atoms. The fourth-order valence-corrected chi connectivity index (χ4v) is 2.51. The Morgan fingerprint density at radius 2 is 1.80 bits per heavy atom. The molecule has 0 aromatic heterocycles. The van der Waals surface area contributed by atoms with Crippen LogP contribution in [-0.2, 0) is 0 Å². The molecule has 64 valence electrons. The van der Waals surface area contributed by atoms with E-state index in [2.05, 4.69) is 27.7 Å². The van der Waals surface area contributed by atoms with E-state index in [-0.39, 0.29) is 0 Å². The van der Waals surface area contributed by atoms with Gasteiger partial charge in [-0.2, -0.15) is 0 Å². The molecule has 0 bridgehead atoms. The number of halogens is 1. The summed E-state index contributed by atoms with van der Waals surface area (Å²) in [7, 11) is 0. The van der Waals surface area contributed by atoms with Crippen molar-refractivity contribution in [2.45, 2.75) is 40.5 Å². The van der Waals surface area contributed by atoms with Gasteiger partial charge in [-0.05, 0) is 0 Å². The summed E-state index contributed by atoms with van der Waals surface area (Å²) < 4.78 is 3.00. The normalized spacial score (nSPS) is 12.4. The Bertz CT molecular complexity index is 71.3. The summed E-state index contributed by atoms with van der Waals surface area (Å²) in [5, 5.41) is 0. The molecule has 0 aromatic rings. The monoisotopic (exact) mass is 255 g/mol. The Balaban J connectivity index is 3.04. The quantitative estimate of drug-likeness (QED) is 0.374. The standard InChI is InChI=1S/C9H20I/c1-5-10-8-6-7-9(2,3)4/h5-8H2,1-4H3/q-1. The van der Waals surface area contributed by atoms with Gasteiger partial charge in [-0.1, -0.05) is 0 Å². The first-order valence-electron chi connectivity index (χ1n) is 4.10. The molecule has 0 atom stereocenters. The first-order chi connectivity index (χ1) is 4.56. The molecule has 0 spiro atoms. The molecule has 0 heterocycles. The van der Waals surface area contributed by atoms with Gasteiger partial charge in [0.1, 0.15) is 0 Å². The number of alkyl halides is 2. The van der Waals surface area contributed by atoms with Crippen molar-refractivity contribution in [1.82, 2.24) is 0 Å². The predicted octanol–water partition coefficient (Wildman–Crippen LogP) is -0.0784. The van der Waals surface area contributed by atoms with Gasteiger partial charge in [0.05, 0.1) is 0 Å². The van der Waals surface area contributed by atoms with Crippen LogP contribution in [0, 0.1) is 5.41 Å². The summed E-state index contributed by atoms with van der Waals surface area (Å²) in [6.45, 7) is 9.30. The maximum atomic E-state index is 2.33. The van der Waals surface area contributed by atoms with E-state index in [0.717, 1.165) is 0 Å². The average molecular weight is 255 g/mol. The topological polar surface area (TPSA) is 0 Å². The van der Waals surface area contributed by atoms with Crippen molar-refractivity contribution in [3.63, 3.8) is 0 Å². The second-order valence-corrected chi connectivity index (χ2v) is 7.49. The van der Waals surface area contributed by atoms with Gasteiger partial charge in [0.2, 0.25) is 0 Å². The van der Waals surface area contributed by atoms with E-state index >= 15 is 0 Å². The van der Waals surface area contributed by atoms with Crippen molar-refractivity contribution < 1.29 is 21.2 Å². The van der Waals surface area contributed by atoms with Crippen molar-refractivity contribution in [3.8, 4) is 0 Å². The van der Waals surface area contributed by atoms with Crippen LogP contribution in [0.3, 0.4) is 0 Å². The van der Waals surface area contributed by atoms with Crippen LogP contribution in [-0.4, -0.2) is 8.86 Å². The summed E-state index contributed by atoms with van der Waals surface area (Å²) in [6.07, 6.45) is 2.87. The van der Waals surface area contributed by atoms with Crippen LogP contribution in [0.1, 0.15) is 40.5 Å². The van der Waals surface area contributed by atoms with Crippen LogP contribution in [0.2, 0.25) is 0 Å². The minimum absolute atomic E-state index is 0.567. The zero-order valence-corrected chi connectivity index (χ0v) is 9.86. The van der Waals surface area contributed by atoms with Gasteiger partial charge < -0.3 is 0 Å². The van der Waals surface area contributed by atoms with E-state index < -0.39 is 0 Å². The molecule has 0 amide bonds. The third-order valence-electron chi connectivity index (χ3n) is 1.38. The summed E-state index contributed by atoms with van der Waals surface area (Å²) >= 11 is 0.573. The average Bonchev–Trinajstić information content (AvgIpc) is 1.78. The Morgan fingerprint density at radius 1 is 1.20 bits per heavy atom. The molecule has 0 aliphatic rings. The SMILES string of the molecule is CC[I-]CCCC(C)(C)C. The molecule has 0 radical (unpaired) electrons. The Kier molecular flexibility index (Phi) is 5.78. The Morgan fingerprint density at radius 3 is 2.20 bits per heavy atom. The second-order valence-electron chi connectivity index (χ2n) is 3.81. The van der Waals surface area contributed by atoms with Gasteiger partial charge in [-0.25, -0.2) is 0 Å². The third-order valence-corrected chi connectivity index (χ3v) is 3.99. The molecule has 0 saturated heterocycles. The van der Waals surface area contributed by atoms with E-state index in [4.69, 9.17) is 0 Å². The first-order valence-corrected chi connectivity index (χ1v) is 7.15. The molecule has 0 saturated carbocycles. The molecule has 0 fully saturated rings. The van der Waals surface area contributed by atoms with Crippen molar-refractivity contribution in [1.29, 1.82) is 0 Å². The van der Waals surface area contributed by atoms with Crippen LogP contribution in [0.15, 0.2) is 0 Å². The summed E-state index contributed by atoms with van der Waals surface area (Å²) in [5.41, 5.74) is 0.567. The Labute approximate surface area is 76.0 Å². The molecule has 0 N–H and O–H groups in total. The van der Waals surface area contributed by atoms with Crippen molar-refractivity contribution >= 4 is 0 Å².